The molecular formula is C30H54N4O4. The van der Waals surface area contributed by atoms with Crippen molar-refractivity contribution in [1.82, 2.24) is 20.0 Å². The lowest BCUT2D eigenvalue weighted by Crippen LogP contribution is -2.58. The van der Waals surface area contributed by atoms with Crippen LogP contribution in [0.1, 0.15) is 93.4 Å². The van der Waals surface area contributed by atoms with Gasteiger partial charge in [0.1, 0.15) is 6.04 Å². The topological polar surface area (TPSA) is 93.2 Å². The molecule has 2 saturated heterocycles. The second-order valence-corrected chi connectivity index (χ2v) is 12.3. The number of rotatable bonds is 11. The Morgan fingerprint density at radius 3 is 2.18 bits per heavy atom. The van der Waals surface area contributed by atoms with Crippen LogP contribution in [-0.4, -0.2) is 94.5 Å². The molecule has 0 spiro atoms. The average Bonchev–Trinajstić information content (AvgIpc) is 2.88. The molecule has 2 heterocycles. The first-order valence-corrected chi connectivity index (χ1v) is 14.8. The van der Waals surface area contributed by atoms with Crippen LogP contribution in [0.25, 0.3) is 0 Å². The van der Waals surface area contributed by atoms with Gasteiger partial charge in [0.25, 0.3) is 0 Å². The van der Waals surface area contributed by atoms with E-state index in [0.717, 1.165) is 45.1 Å². The van der Waals surface area contributed by atoms with Gasteiger partial charge in [-0.3, -0.25) is 19.3 Å². The summed E-state index contributed by atoms with van der Waals surface area (Å²) in [6, 6.07) is -0.792. The van der Waals surface area contributed by atoms with Crippen molar-refractivity contribution >= 4 is 17.7 Å². The fraction of sp³-hybridized carbons (Fsp3) is 0.833. The first-order chi connectivity index (χ1) is 17.9. The van der Waals surface area contributed by atoms with Crippen LogP contribution in [0.15, 0.2) is 11.6 Å². The summed E-state index contributed by atoms with van der Waals surface area (Å²) in [5.41, 5.74) is 0.619. The number of hydrogen-bond donors (Lipinski definition) is 2. The lowest BCUT2D eigenvalue weighted by molar-refractivity contribution is -0.140. The smallest absolute Gasteiger partial charge is 0.249 e. The summed E-state index contributed by atoms with van der Waals surface area (Å²) in [4.78, 5) is 46.4. The molecule has 1 unspecified atom stereocenters. The highest BCUT2D eigenvalue weighted by atomic mass is 16.3. The molecule has 2 aliphatic rings. The van der Waals surface area contributed by atoms with Crippen molar-refractivity contribution in [3.63, 3.8) is 0 Å². The molecule has 0 aliphatic carbocycles. The quantitative estimate of drug-likeness (QED) is 0.395. The maximum atomic E-state index is 13.8. The van der Waals surface area contributed by atoms with E-state index in [4.69, 9.17) is 0 Å². The summed E-state index contributed by atoms with van der Waals surface area (Å²) in [6.07, 6.45) is 8.38. The third-order valence-electron chi connectivity index (χ3n) is 8.33. The summed E-state index contributed by atoms with van der Waals surface area (Å²) in [5, 5.41) is 12.6. The SMILES string of the molecule is C/C(=C\[C@H](C(C)C)N(C)C(=O)[C@@H](NC(=O)[C@H]1CCCCN1C(C)C)C(C)C)C(=O)N1CCCCC1CCO. The molecule has 2 N–H and O–H groups in total. The van der Waals surface area contributed by atoms with Gasteiger partial charge in [0, 0.05) is 37.9 Å². The number of aliphatic hydroxyl groups is 1. The Kier molecular flexibility index (Phi) is 12.8. The van der Waals surface area contributed by atoms with Crippen LogP contribution in [0.4, 0.5) is 0 Å². The number of likely N-dealkylation sites (N-methyl/N-ethyl adjacent to an activating group) is 1. The van der Waals surface area contributed by atoms with Gasteiger partial charge < -0.3 is 20.2 Å². The lowest BCUT2D eigenvalue weighted by Gasteiger charge is -2.39. The lowest BCUT2D eigenvalue weighted by atomic mass is 9.95. The van der Waals surface area contributed by atoms with Gasteiger partial charge in [-0.25, -0.2) is 0 Å². The Morgan fingerprint density at radius 2 is 1.61 bits per heavy atom. The molecule has 2 rings (SSSR count). The summed E-state index contributed by atoms with van der Waals surface area (Å²) in [5.74, 6) is -0.209. The number of likely N-dealkylation sites (tertiary alicyclic amines) is 2. The molecule has 0 bridgehead atoms. The van der Waals surface area contributed by atoms with Gasteiger partial charge in [-0.05, 0) is 77.7 Å². The molecule has 0 radical (unpaired) electrons. The van der Waals surface area contributed by atoms with E-state index in [9.17, 15) is 19.5 Å². The number of nitrogens with one attached hydrogen (secondary N) is 1. The van der Waals surface area contributed by atoms with Gasteiger partial charge in [-0.2, -0.15) is 0 Å². The van der Waals surface area contributed by atoms with Gasteiger partial charge in [0.05, 0.1) is 12.1 Å². The Hall–Kier alpha value is -1.93. The molecule has 8 nitrogen and oxygen atoms in total. The van der Waals surface area contributed by atoms with Gasteiger partial charge in [-0.15, -0.1) is 0 Å². The van der Waals surface area contributed by atoms with Gasteiger partial charge in [-0.1, -0.05) is 40.2 Å². The zero-order valence-electron chi connectivity index (χ0n) is 25.2. The maximum Gasteiger partial charge on any atom is 0.249 e. The molecular weight excluding hydrogens is 480 g/mol. The van der Waals surface area contributed by atoms with Crippen molar-refractivity contribution in [2.45, 2.75) is 124 Å². The zero-order chi connectivity index (χ0) is 28.6. The Morgan fingerprint density at radius 1 is 0.974 bits per heavy atom. The molecule has 0 saturated carbocycles. The normalized spacial score (nSPS) is 23.1. The van der Waals surface area contributed by atoms with Crippen LogP contribution in [-0.2, 0) is 14.4 Å². The van der Waals surface area contributed by atoms with E-state index in [1.54, 1.807) is 11.9 Å². The minimum Gasteiger partial charge on any atom is -0.396 e. The number of nitrogens with zero attached hydrogens (tertiary/aromatic N) is 3. The van der Waals surface area contributed by atoms with Crippen molar-refractivity contribution in [2.75, 3.05) is 26.7 Å². The molecule has 3 amide bonds. The molecule has 0 aromatic heterocycles. The number of carbonyl (C=O) groups is 3. The second kappa shape index (κ2) is 15.0. The highest BCUT2D eigenvalue weighted by molar-refractivity contribution is 5.94. The van der Waals surface area contributed by atoms with Crippen molar-refractivity contribution < 1.29 is 19.5 Å². The number of aliphatic hydroxyl groups excluding tert-OH is 1. The number of carbonyl (C=O) groups excluding carboxylic acids is 3. The Bertz CT molecular complexity index is 823. The minimum atomic E-state index is -0.634. The number of hydrogen-bond acceptors (Lipinski definition) is 5. The third kappa shape index (κ3) is 8.28. The summed E-state index contributed by atoms with van der Waals surface area (Å²) < 4.78 is 0. The molecule has 2 fully saturated rings. The van der Waals surface area contributed by atoms with Crippen LogP contribution in [0.5, 0.6) is 0 Å². The first kappa shape index (κ1) is 32.3. The summed E-state index contributed by atoms with van der Waals surface area (Å²) in [6.45, 7) is 15.7. The fourth-order valence-corrected chi connectivity index (χ4v) is 6.01. The van der Waals surface area contributed by atoms with Crippen LogP contribution >= 0.6 is 0 Å². The standard InChI is InChI=1S/C30H54N4O4/c1-20(2)26(19-23(7)29(37)34-17-11-9-13-24(34)15-18-35)32(8)30(38)27(21(3)4)31-28(36)25-14-10-12-16-33(25)22(5)6/h19-22,24-27,35H,9-18H2,1-8H3,(H,31,36)/b23-19+/t24?,25-,26-,27+/m1/s1. The van der Waals surface area contributed by atoms with E-state index in [1.165, 1.54) is 0 Å². The highest BCUT2D eigenvalue weighted by Crippen LogP contribution is 2.24. The molecule has 38 heavy (non-hydrogen) atoms. The molecule has 4 atom stereocenters. The van der Waals surface area contributed by atoms with Crippen LogP contribution in [0, 0.1) is 11.8 Å². The third-order valence-corrected chi connectivity index (χ3v) is 8.33. The van der Waals surface area contributed by atoms with Crippen molar-refractivity contribution in [3.05, 3.63) is 11.6 Å². The van der Waals surface area contributed by atoms with E-state index in [0.29, 0.717) is 18.5 Å². The predicted octanol–water partition coefficient (Wildman–Crippen LogP) is 3.58. The summed E-state index contributed by atoms with van der Waals surface area (Å²) in [7, 11) is 1.78. The van der Waals surface area contributed by atoms with Crippen LogP contribution in [0.3, 0.4) is 0 Å². The average molecular weight is 535 g/mol. The highest BCUT2D eigenvalue weighted by Gasteiger charge is 2.36. The number of amides is 3. The maximum absolute atomic E-state index is 13.8. The van der Waals surface area contributed by atoms with Crippen LogP contribution in [0.2, 0.25) is 0 Å². The fourth-order valence-electron chi connectivity index (χ4n) is 6.01. The van der Waals surface area contributed by atoms with Crippen LogP contribution < -0.4 is 5.32 Å². The van der Waals surface area contributed by atoms with E-state index in [1.807, 2.05) is 45.6 Å². The van der Waals surface area contributed by atoms with Crippen molar-refractivity contribution in [1.29, 1.82) is 0 Å². The molecule has 2 aliphatic heterocycles. The monoisotopic (exact) mass is 534 g/mol. The molecule has 218 valence electrons. The number of piperidine rings is 2. The van der Waals surface area contributed by atoms with Crippen molar-refractivity contribution in [2.24, 2.45) is 11.8 Å². The van der Waals surface area contributed by atoms with E-state index >= 15 is 0 Å². The first-order valence-electron chi connectivity index (χ1n) is 14.8. The van der Waals surface area contributed by atoms with Gasteiger partial charge in [0.15, 0.2) is 0 Å². The van der Waals surface area contributed by atoms with Crippen molar-refractivity contribution in [3.8, 4) is 0 Å². The molecule has 8 heteroatoms. The van der Waals surface area contributed by atoms with Gasteiger partial charge >= 0.3 is 0 Å². The minimum absolute atomic E-state index is 0.0190. The Balaban J connectivity index is 2.20. The van der Waals surface area contributed by atoms with E-state index in [2.05, 4.69) is 24.1 Å². The largest absolute Gasteiger partial charge is 0.396 e. The van der Waals surface area contributed by atoms with E-state index in [-0.39, 0.29) is 60.3 Å². The molecule has 0 aromatic carbocycles. The zero-order valence-corrected chi connectivity index (χ0v) is 25.2. The van der Waals surface area contributed by atoms with E-state index < -0.39 is 6.04 Å². The summed E-state index contributed by atoms with van der Waals surface area (Å²) >= 11 is 0. The Labute approximate surface area is 231 Å². The predicted molar refractivity (Wildman–Crippen MR) is 152 cm³/mol. The second-order valence-electron chi connectivity index (χ2n) is 12.3. The van der Waals surface area contributed by atoms with Gasteiger partial charge in [0.2, 0.25) is 17.7 Å². The molecule has 0 aromatic rings.